The topological polar surface area (TPSA) is 92.6 Å². The second-order valence-corrected chi connectivity index (χ2v) is 8.37. The number of carbonyl (C=O) groups excluding carboxylic acids is 2. The number of hydrogen-bond acceptors (Lipinski definition) is 6. The zero-order valence-corrected chi connectivity index (χ0v) is 18.3. The van der Waals surface area contributed by atoms with Gasteiger partial charge in [-0.3, -0.25) is 9.69 Å². The summed E-state index contributed by atoms with van der Waals surface area (Å²) in [5, 5.41) is 11.9. The van der Waals surface area contributed by atoms with E-state index in [0.717, 1.165) is 30.3 Å². The summed E-state index contributed by atoms with van der Waals surface area (Å²) in [5.74, 6) is -0.621. The first-order valence-corrected chi connectivity index (χ1v) is 11.1. The number of piperidine rings is 1. The smallest absolute Gasteiger partial charge is 0.414 e. The zero-order chi connectivity index (χ0) is 22.9. The normalized spacial score (nSPS) is 20.8. The average molecular weight is 452 g/mol. The molecule has 5 rings (SSSR count). The van der Waals surface area contributed by atoms with E-state index in [1.54, 1.807) is 16.9 Å². The van der Waals surface area contributed by atoms with Crippen LogP contribution in [-0.4, -0.2) is 52.7 Å². The molecule has 3 aromatic rings. The van der Waals surface area contributed by atoms with Gasteiger partial charge in [0.25, 0.3) is 0 Å². The molecule has 33 heavy (non-hydrogen) atoms. The maximum atomic E-state index is 15.3. The van der Waals surface area contributed by atoms with Crippen LogP contribution < -0.4 is 15.1 Å². The lowest BCUT2D eigenvalue weighted by Crippen LogP contribution is -2.38. The number of amides is 2. The van der Waals surface area contributed by atoms with E-state index in [1.165, 1.54) is 17.9 Å². The van der Waals surface area contributed by atoms with E-state index in [-0.39, 0.29) is 25.2 Å². The molecule has 1 N–H and O–H groups in total. The molecule has 2 aromatic carbocycles. The molecule has 9 nitrogen and oxygen atoms in total. The minimum absolute atomic E-state index is 0.190. The molecule has 2 fully saturated rings. The number of carbonyl (C=O) groups is 2. The molecule has 2 aliphatic heterocycles. The predicted octanol–water partition coefficient (Wildman–Crippen LogP) is 3.22. The number of halogens is 1. The summed E-state index contributed by atoms with van der Waals surface area (Å²) in [6.45, 7) is 2.55. The van der Waals surface area contributed by atoms with Gasteiger partial charge in [0, 0.05) is 13.5 Å². The number of nitrogens with one attached hydrogen (secondary N) is 1. The number of cyclic esters (lactones) is 1. The highest BCUT2D eigenvalue weighted by Gasteiger charge is 2.34. The highest BCUT2D eigenvalue weighted by Crippen LogP contribution is 2.35. The number of anilines is 2. The molecule has 2 saturated heterocycles. The van der Waals surface area contributed by atoms with Crippen molar-refractivity contribution in [3.8, 4) is 0 Å². The molecule has 10 heteroatoms. The van der Waals surface area contributed by atoms with E-state index < -0.39 is 18.0 Å². The Hall–Kier alpha value is -3.69. The van der Waals surface area contributed by atoms with Crippen molar-refractivity contribution < 1.29 is 18.7 Å². The van der Waals surface area contributed by atoms with Crippen LogP contribution in [0, 0.1) is 5.82 Å². The number of nitrogens with zero attached hydrogens (tertiary/aromatic N) is 5. The van der Waals surface area contributed by atoms with Crippen LogP contribution in [0.2, 0.25) is 0 Å². The lowest BCUT2D eigenvalue weighted by molar-refractivity contribution is -0.119. The fourth-order valence-corrected chi connectivity index (χ4v) is 4.44. The van der Waals surface area contributed by atoms with E-state index in [0.29, 0.717) is 17.9 Å². The summed E-state index contributed by atoms with van der Waals surface area (Å²) in [4.78, 5) is 28.5. The van der Waals surface area contributed by atoms with Crippen molar-refractivity contribution in [1.82, 2.24) is 20.3 Å². The lowest BCUT2D eigenvalue weighted by Gasteiger charge is -2.36. The van der Waals surface area contributed by atoms with Crippen molar-refractivity contribution in [2.45, 2.75) is 38.5 Å². The maximum absolute atomic E-state index is 15.3. The largest absolute Gasteiger partial charge is 0.442 e. The van der Waals surface area contributed by atoms with Gasteiger partial charge in [0.2, 0.25) is 5.91 Å². The van der Waals surface area contributed by atoms with Crippen molar-refractivity contribution in [2.75, 3.05) is 29.4 Å². The third kappa shape index (κ3) is 4.20. The second kappa shape index (κ2) is 8.68. The Balaban J connectivity index is 1.37. The monoisotopic (exact) mass is 452 g/mol. The van der Waals surface area contributed by atoms with E-state index >= 15 is 4.39 Å². The minimum Gasteiger partial charge on any atom is -0.442 e. The fourth-order valence-electron chi connectivity index (χ4n) is 4.44. The van der Waals surface area contributed by atoms with E-state index in [2.05, 4.69) is 15.5 Å². The fraction of sp³-hybridized carbons (Fsp3) is 0.391. The number of fused-ring (bicyclic) bond motifs is 1. The van der Waals surface area contributed by atoms with Gasteiger partial charge in [0.1, 0.15) is 29.1 Å². The van der Waals surface area contributed by atoms with Gasteiger partial charge in [0.15, 0.2) is 0 Å². The van der Waals surface area contributed by atoms with Crippen LogP contribution >= 0.6 is 0 Å². The molecule has 2 aliphatic rings. The van der Waals surface area contributed by atoms with Gasteiger partial charge in [-0.2, -0.15) is 15.0 Å². The van der Waals surface area contributed by atoms with Crippen molar-refractivity contribution in [1.29, 1.82) is 0 Å². The average Bonchev–Trinajstić information content (AvgIpc) is 3.41. The first kappa shape index (κ1) is 21.2. The van der Waals surface area contributed by atoms with Crippen LogP contribution in [0.15, 0.2) is 42.5 Å². The predicted molar refractivity (Wildman–Crippen MR) is 120 cm³/mol. The summed E-state index contributed by atoms with van der Waals surface area (Å²) < 4.78 is 20.6. The van der Waals surface area contributed by atoms with Gasteiger partial charge >= 0.3 is 6.09 Å². The quantitative estimate of drug-likeness (QED) is 0.639. The van der Waals surface area contributed by atoms with Crippen molar-refractivity contribution in [3.05, 3.63) is 48.3 Å². The third-order valence-electron chi connectivity index (χ3n) is 6.04. The van der Waals surface area contributed by atoms with Gasteiger partial charge in [-0.1, -0.05) is 12.1 Å². The van der Waals surface area contributed by atoms with Gasteiger partial charge in [0.05, 0.1) is 24.5 Å². The molecule has 2 amide bonds. The highest BCUT2D eigenvalue weighted by atomic mass is 19.1. The van der Waals surface area contributed by atoms with Crippen LogP contribution in [0.4, 0.5) is 20.6 Å². The van der Waals surface area contributed by atoms with Crippen molar-refractivity contribution >= 4 is 34.4 Å². The molecular weight excluding hydrogens is 427 g/mol. The molecule has 0 radical (unpaired) electrons. The number of hydrogen-bond donors (Lipinski definition) is 1. The van der Waals surface area contributed by atoms with Gasteiger partial charge in [-0.15, -0.1) is 0 Å². The molecular formula is C23H25FN6O3. The Bertz CT molecular complexity index is 1160. The molecule has 2 atom stereocenters. The molecule has 0 spiro atoms. The Morgan fingerprint density at radius 3 is 2.64 bits per heavy atom. The molecule has 172 valence electrons. The Kier molecular flexibility index (Phi) is 5.57. The van der Waals surface area contributed by atoms with Crippen LogP contribution in [0.25, 0.3) is 11.0 Å². The molecule has 2 unspecified atom stereocenters. The second-order valence-electron chi connectivity index (χ2n) is 8.37. The van der Waals surface area contributed by atoms with Gasteiger partial charge < -0.3 is 15.0 Å². The maximum Gasteiger partial charge on any atom is 0.414 e. The summed E-state index contributed by atoms with van der Waals surface area (Å²) in [6, 6.07) is 12.4. The van der Waals surface area contributed by atoms with E-state index in [9.17, 15) is 9.59 Å². The summed E-state index contributed by atoms with van der Waals surface area (Å²) >= 11 is 0. The number of rotatable bonds is 5. The molecule has 0 aliphatic carbocycles. The lowest BCUT2D eigenvalue weighted by atomic mass is 10.1. The van der Waals surface area contributed by atoms with Crippen molar-refractivity contribution in [2.24, 2.45) is 0 Å². The van der Waals surface area contributed by atoms with Crippen LogP contribution in [0.1, 0.15) is 32.4 Å². The first-order chi connectivity index (χ1) is 16.0. The summed E-state index contributed by atoms with van der Waals surface area (Å²) in [7, 11) is 0. The van der Waals surface area contributed by atoms with Crippen LogP contribution in [-0.2, 0) is 9.53 Å². The third-order valence-corrected chi connectivity index (χ3v) is 6.04. The summed E-state index contributed by atoms with van der Waals surface area (Å²) in [5.41, 5.74) is 2.48. The standard InChI is InChI=1S/C23H25FN6O3/c1-15(31)25-13-17-14-29(23(32)33-17)16-9-10-21(18(24)12-16)28-11-5-4-8-22(28)30-26-19-6-2-3-7-20(19)27-30/h2-3,6-7,9-10,12,17,22H,4-5,8,11,13-14H2,1H3,(H,25,31). The molecule has 0 saturated carbocycles. The van der Waals surface area contributed by atoms with Crippen LogP contribution in [0.3, 0.4) is 0 Å². The molecule has 1 aromatic heterocycles. The molecule has 3 heterocycles. The SMILES string of the molecule is CC(=O)NCC1CN(c2ccc(N3CCCCC3n3nc4ccccc4n3)c(F)c2)C(=O)O1. The molecule has 0 bridgehead atoms. The van der Waals surface area contributed by atoms with Gasteiger partial charge in [-0.25, -0.2) is 9.18 Å². The van der Waals surface area contributed by atoms with Crippen molar-refractivity contribution in [3.63, 3.8) is 0 Å². The number of aromatic nitrogens is 3. The van der Waals surface area contributed by atoms with Gasteiger partial charge in [-0.05, 0) is 49.6 Å². The Morgan fingerprint density at radius 1 is 1.18 bits per heavy atom. The first-order valence-electron chi connectivity index (χ1n) is 11.1. The summed E-state index contributed by atoms with van der Waals surface area (Å²) in [6.07, 6.45) is 1.54. The van der Waals surface area contributed by atoms with E-state index in [4.69, 9.17) is 4.74 Å². The Labute approximate surface area is 190 Å². The zero-order valence-electron chi connectivity index (χ0n) is 18.3. The van der Waals surface area contributed by atoms with Crippen LogP contribution in [0.5, 0.6) is 0 Å². The minimum atomic E-state index is -0.555. The highest BCUT2D eigenvalue weighted by molar-refractivity contribution is 5.90. The van der Waals surface area contributed by atoms with E-state index in [1.807, 2.05) is 29.2 Å². The Morgan fingerprint density at radius 2 is 1.94 bits per heavy atom. The number of ether oxygens (including phenoxy) is 1. The number of benzene rings is 2.